The Bertz CT molecular complexity index is 423. The van der Waals surface area contributed by atoms with Crippen LogP contribution in [0.3, 0.4) is 0 Å². The van der Waals surface area contributed by atoms with E-state index in [0.717, 1.165) is 5.71 Å². The average molecular weight is 189 g/mol. The lowest BCUT2D eigenvalue weighted by molar-refractivity contribution is 0.187. The normalized spacial score (nSPS) is 18.2. The Morgan fingerprint density at radius 1 is 1.31 bits per heavy atom. The summed E-state index contributed by atoms with van der Waals surface area (Å²) in [6, 6.07) is 8.27. The Hall–Kier alpha value is -1.22. The van der Waals surface area contributed by atoms with E-state index in [2.05, 4.69) is 22.7 Å². The summed E-state index contributed by atoms with van der Waals surface area (Å²) in [6.07, 6.45) is 0. The van der Waals surface area contributed by atoms with Crippen molar-refractivity contribution in [3.8, 4) is 0 Å². The molecule has 0 atom stereocenters. The van der Waals surface area contributed by atoms with Crippen molar-refractivity contribution in [2.45, 2.75) is 4.90 Å². The SMILES string of the molecule is C1=C2CON=C2c2ccccc2S1. The Morgan fingerprint density at radius 3 is 3.23 bits per heavy atom. The van der Waals surface area contributed by atoms with E-state index in [9.17, 15) is 0 Å². The average Bonchev–Trinajstić information content (AvgIpc) is 2.65. The summed E-state index contributed by atoms with van der Waals surface area (Å²) in [5, 5.41) is 6.15. The summed E-state index contributed by atoms with van der Waals surface area (Å²) in [4.78, 5) is 6.31. The number of hydrogen-bond acceptors (Lipinski definition) is 3. The van der Waals surface area contributed by atoms with Gasteiger partial charge in [0.05, 0.1) is 0 Å². The van der Waals surface area contributed by atoms with Crippen LogP contribution in [0.1, 0.15) is 5.56 Å². The van der Waals surface area contributed by atoms with Gasteiger partial charge in [-0.25, -0.2) is 0 Å². The zero-order valence-corrected chi connectivity index (χ0v) is 7.67. The molecule has 2 heterocycles. The largest absolute Gasteiger partial charge is 0.390 e. The quantitative estimate of drug-likeness (QED) is 0.625. The maximum atomic E-state index is 5.05. The molecule has 0 saturated heterocycles. The predicted molar refractivity (Wildman–Crippen MR) is 52.9 cm³/mol. The zero-order chi connectivity index (χ0) is 8.67. The van der Waals surface area contributed by atoms with Gasteiger partial charge in [0.2, 0.25) is 0 Å². The van der Waals surface area contributed by atoms with E-state index in [1.54, 1.807) is 11.8 Å². The first-order valence-corrected chi connectivity index (χ1v) is 4.98. The monoisotopic (exact) mass is 189 g/mol. The maximum absolute atomic E-state index is 5.05. The Morgan fingerprint density at radius 2 is 2.23 bits per heavy atom. The molecule has 0 bridgehead atoms. The van der Waals surface area contributed by atoms with Crippen molar-refractivity contribution < 1.29 is 4.84 Å². The number of oxime groups is 1. The molecular formula is C10H7NOS. The molecule has 0 aliphatic carbocycles. The minimum atomic E-state index is 0.622. The molecule has 2 aliphatic heterocycles. The molecule has 0 fully saturated rings. The van der Waals surface area contributed by atoms with Crippen LogP contribution in [0.15, 0.2) is 45.3 Å². The van der Waals surface area contributed by atoms with Gasteiger partial charge in [-0.05, 0) is 11.5 Å². The van der Waals surface area contributed by atoms with Gasteiger partial charge < -0.3 is 4.84 Å². The molecule has 2 nitrogen and oxygen atoms in total. The van der Waals surface area contributed by atoms with Gasteiger partial charge in [0, 0.05) is 16.0 Å². The zero-order valence-electron chi connectivity index (χ0n) is 6.86. The molecule has 3 heteroatoms. The highest BCUT2D eigenvalue weighted by Crippen LogP contribution is 2.34. The molecule has 2 aliphatic rings. The molecule has 0 saturated carbocycles. The van der Waals surface area contributed by atoms with E-state index in [0.29, 0.717) is 6.61 Å². The molecule has 1 aromatic rings. The van der Waals surface area contributed by atoms with Gasteiger partial charge in [0.15, 0.2) is 0 Å². The molecular weight excluding hydrogens is 182 g/mol. The first-order valence-electron chi connectivity index (χ1n) is 4.10. The van der Waals surface area contributed by atoms with E-state index < -0.39 is 0 Å². The molecule has 0 aromatic heterocycles. The molecule has 1 aromatic carbocycles. The number of nitrogens with zero attached hydrogens (tertiary/aromatic N) is 1. The first-order chi connectivity index (χ1) is 6.45. The van der Waals surface area contributed by atoms with Crippen LogP contribution < -0.4 is 0 Å². The van der Waals surface area contributed by atoms with Crippen molar-refractivity contribution >= 4 is 17.5 Å². The summed E-state index contributed by atoms with van der Waals surface area (Å²) in [5.41, 5.74) is 3.40. The highest BCUT2D eigenvalue weighted by atomic mass is 32.2. The highest BCUT2D eigenvalue weighted by molar-refractivity contribution is 8.02. The Labute approximate surface area is 80.3 Å². The van der Waals surface area contributed by atoms with Crippen LogP contribution >= 0.6 is 11.8 Å². The number of rotatable bonds is 0. The van der Waals surface area contributed by atoms with Gasteiger partial charge in [0.25, 0.3) is 0 Å². The van der Waals surface area contributed by atoms with Crippen LogP contribution in [-0.4, -0.2) is 12.3 Å². The summed E-state index contributed by atoms with van der Waals surface area (Å²) in [6.45, 7) is 0.622. The smallest absolute Gasteiger partial charge is 0.145 e. The van der Waals surface area contributed by atoms with Gasteiger partial charge in [-0.3, -0.25) is 0 Å². The van der Waals surface area contributed by atoms with Gasteiger partial charge in [-0.15, -0.1) is 0 Å². The predicted octanol–water partition coefficient (Wildman–Crippen LogP) is 2.41. The molecule has 0 spiro atoms. The molecule has 3 rings (SSSR count). The fraction of sp³-hybridized carbons (Fsp3) is 0.100. The second-order valence-corrected chi connectivity index (χ2v) is 3.88. The number of hydrogen-bond donors (Lipinski definition) is 0. The standard InChI is InChI=1S/C10H7NOS/c1-2-4-9-8(3-1)10-7(6-13-9)5-12-11-10/h1-4,6H,5H2. The van der Waals surface area contributed by atoms with Crippen molar-refractivity contribution in [2.24, 2.45) is 5.16 Å². The third-order valence-electron chi connectivity index (χ3n) is 2.15. The van der Waals surface area contributed by atoms with Crippen LogP contribution in [-0.2, 0) is 4.84 Å². The third-order valence-corrected chi connectivity index (χ3v) is 3.16. The third kappa shape index (κ3) is 1.00. The highest BCUT2D eigenvalue weighted by Gasteiger charge is 2.23. The van der Waals surface area contributed by atoms with Crippen LogP contribution in [0, 0.1) is 0 Å². The Kier molecular flexibility index (Phi) is 1.46. The first kappa shape index (κ1) is 7.21. The molecule has 0 amide bonds. The van der Waals surface area contributed by atoms with Crippen molar-refractivity contribution in [3.63, 3.8) is 0 Å². The fourth-order valence-corrected chi connectivity index (χ4v) is 2.40. The molecule has 13 heavy (non-hydrogen) atoms. The molecule has 0 N–H and O–H groups in total. The maximum Gasteiger partial charge on any atom is 0.145 e. The van der Waals surface area contributed by atoms with Crippen LogP contribution in [0.25, 0.3) is 0 Å². The fourth-order valence-electron chi connectivity index (χ4n) is 1.50. The molecule has 0 unspecified atom stereocenters. The van der Waals surface area contributed by atoms with E-state index >= 15 is 0 Å². The number of benzene rings is 1. The summed E-state index contributed by atoms with van der Waals surface area (Å²) >= 11 is 1.74. The summed E-state index contributed by atoms with van der Waals surface area (Å²) in [5.74, 6) is 0. The van der Waals surface area contributed by atoms with Crippen LogP contribution in [0.2, 0.25) is 0 Å². The number of thioether (sulfide) groups is 1. The molecule has 64 valence electrons. The second-order valence-electron chi connectivity index (χ2n) is 2.97. The van der Waals surface area contributed by atoms with Crippen molar-refractivity contribution in [3.05, 3.63) is 40.8 Å². The lowest BCUT2D eigenvalue weighted by Crippen LogP contribution is -2.06. The van der Waals surface area contributed by atoms with Crippen molar-refractivity contribution in [1.82, 2.24) is 0 Å². The lowest BCUT2D eigenvalue weighted by atomic mass is 10.0. The van der Waals surface area contributed by atoms with E-state index in [1.807, 2.05) is 12.1 Å². The van der Waals surface area contributed by atoms with Crippen molar-refractivity contribution in [1.29, 1.82) is 0 Å². The minimum Gasteiger partial charge on any atom is -0.390 e. The summed E-state index contributed by atoms with van der Waals surface area (Å²) in [7, 11) is 0. The van der Waals surface area contributed by atoms with E-state index in [-0.39, 0.29) is 0 Å². The topological polar surface area (TPSA) is 21.6 Å². The van der Waals surface area contributed by atoms with E-state index in [1.165, 1.54) is 16.0 Å². The van der Waals surface area contributed by atoms with Crippen LogP contribution in [0.4, 0.5) is 0 Å². The van der Waals surface area contributed by atoms with Crippen LogP contribution in [0.5, 0.6) is 0 Å². The van der Waals surface area contributed by atoms with Gasteiger partial charge in [0.1, 0.15) is 12.3 Å². The van der Waals surface area contributed by atoms with Gasteiger partial charge in [-0.1, -0.05) is 35.1 Å². The van der Waals surface area contributed by atoms with Gasteiger partial charge in [-0.2, -0.15) is 0 Å². The van der Waals surface area contributed by atoms with Gasteiger partial charge >= 0.3 is 0 Å². The molecule has 0 radical (unpaired) electrons. The summed E-state index contributed by atoms with van der Waals surface area (Å²) < 4.78 is 0. The number of fused-ring (bicyclic) bond motifs is 3. The van der Waals surface area contributed by atoms with E-state index in [4.69, 9.17) is 4.84 Å². The Balaban J connectivity index is 2.22. The minimum absolute atomic E-state index is 0.622. The van der Waals surface area contributed by atoms with Crippen molar-refractivity contribution in [2.75, 3.05) is 6.61 Å². The lowest BCUT2D eigenvalue weighted by Gasteiger charge is -2.11. The second kappa shape index (κ2) is 2.64.